The van der Waals surface area contributed by atoms with Gasteiger partial charge >= 0.3 is 12.0 Å². The molecule has 4 N–H and O–H groups in total. The fraction of sp³-hybridized carbons (Fsp3) is 0.647. The summed E-state index contributed by atoms with van der Waals surface area (Å²) in [6.45, 7) is 0.319. The van der Waals surface area contributed by atoms with E-state index >= 15 is 0 Å². The summed E-state index contributed by atoms with van der Waals surface area (Å²) in [5.41, 5.74) is 0. The molecule has 0 unspecified atom stereocenters. The summed E-state index contributed by atoms with van der Waals surface area (Å²) in [4.78, 5) is 48.8. The molecular weight excluding hydrogens is 414 g/mol. The molecule has 1 aromatic heterocycles. The summed E-state index contributed by atoms with van der Waals surface area (Å²) in [5, 5.41) is 22.4. The zero-order chi connectivity index (χ0) is 21.5. The van der Waals surface area contributed by atoms with E-state index in [0.717, 1.165) is 29.6 Å². The third kappa shape index (κ3) is 5.84. The van der Waals surface area contributed by atoms with E-state index in [-0.39, 0.29) is 43.7 Å². The van der Waals surface area contributed by atoms with E-state index < -0.39 is 16.8 Å². The van der Waals surface area contributed by atoms with Crippen LogP contribution in [-0.2, 0) is 16.1 Å². The minimum Gasteiger partial charge on any atom is -0.390 e. The van der Waals surface area contributed by atoms with Crippen molar-refractivity contribution in [1.29, 1.82) is 0 Å². The van der Waals surface area contributed by atoms with Crippen LogP contribution in [0.5, 0.6) is 0 Å². The van der Waals surface area contributed by atoms with E-state index in [0.29, 0.717) is 11.7 Å². The average molecular weight is 439 g/mol. The summed E-state index contributed by atoms with van der Waals surface area (Å²) in [6, 6.07) is 0.305. The molecule has 0 spiro atoms. The molecule has 30 heavy (non-hydrogen) atoms. The number of urea groups is 1. The number of nitrogens with one attached hydrogen (secondary N) is 4. The minimum absolute atomic E-state index is 0.0812. The molecular formula is C17H25N7O5S. The van der Waals surface area contributed by atoms with Gasteiger partial charge in [0, 0.05) is 30.5 Å². The number of fused-ring (bicyclic) bond motifs is 1. The number of aromatic nitrogens is 2. The van der Waals surface area contributed by atoms with Crippen LogP contribution in [0.3, 0.4) is 0 Å². The largest absolute Gasteiger partial charge is 0.435 e. The Morgan fingerprint density at radius 2 is 2.03 bits per heavy atom. The van der Waals surface area contributed by atoms with Gasteiger partial charge < -0.3 is 31.4 Å². The van der Waals surface area contributed by atoms with Crippen molar-refractivity contribution in [3.05, 3.63) is 22.5 Å². The number of thioether (sulfide) groups is 1. The molecule has 3 rings (SSSR count). The van der Waals surface area contributed by atoms with Crippen molar-refractivity contribution in [3.8, 4) is 0 Å². The molecule has 2 aliphatic heterocycles. The molecule has 13 heteroatoms. The fourth-order valence-corrected chi connectivity index (χ4v) is 5.12. The molecule has 2 fully saturated rings. The number of amides is 4. The van der Waals surface area contributed by atoms with Crippen molar-refractivity contribution in [1.82, 2.24) is 30.8 Å². The first-order valence-electron chi connectivity index (χ1n) is 9.81. The quantitative estimate of drug-likeness (QED) is 0.160. The Labute approximate surface area is 177 Å². The van der Waals surface area contributed by atoms with Crippen LogP contribution < -0.4 is 21.3 Å². The Balaban J connectivity index is 1.22. The van der Waals surface area contributed by atoms with E-state index in [1.807, 2.05) is 11.8 Å². The average Bonchev–Trinajstić information content (AvgIpc) is 3.39. The molecule has 164 valence electrons. The van der Waals surface area contributed by atoms with Crippen molar-refractivity contribution in [2.45, 2.75) is 49.6 Å². The second-order valence-corrected chi connectivity index (χ2v) is 8.45. The Hall–Kier alpha value is -2.83. The van der Waals surface area contributed by atoms with E-state index in [1.165, 1.54) is 12.4 Å². The molecule has 0 aliphatic carbocycles. The third-order valence-corrected chi connectivity index (χ3v) is 6.53. The second kappa shape index (κ2) is 10.3. The summed E-state index contributed by atoms with van der Waals surface area (Å²) in [7, 11) is 0. The third-order valence-electron chi connectivity index (χ3n) is 5.02. The molecule has 2 saturated heterocycles. The van der Waals surface area contributed by atoms with Gasteiger partial charge in [0.15, 0.2) is 6.54 Å². The molecule has 0 saturated carbocycles. The van der Waals surface area contributed by atoms with Gasteiger partial charge in [0.05, 0.1) is 12.1 Å². The summed E-state index contributed by atoms with van der Waals surface area (Å²) in [5.74, 6) is 0.0547. The molecule has 4 amide bonds. The first-order valence-corrected chi connectivity index (χ1v) is 10.9. The van der Waals surface area contributed by atoms with Gasteiger partial charge in [-0.3, -0.25) is 9.59 Å². The number of hydrogen-bond donors (Lipinski definition) is 4. The normalized spacial score (nSPS) is 22.1. The lowest BCUT2D eigenvalue weighted by atomic mass is 10.0. The smallest absolute Gasteiger partial charge is 0.390 e. The number of rotatable bonds is 11. The van der Waals surface area contributed by atoms with Crippen LogP contribution in [0.2, 0.25) is 0 Å². The van der Waals surface area contributed by atoms with Gasteiger partial charge in [0.25, 0.3) is 5.91 Å². The van der Waals surface area contributed by atoms with Crippen LogP contribution in [0, 0.1) is 10.1 Å². The first kappa shape index (κ1) is 21.9. The maximum Gasteiger partial charge on any atom is 0.435 e. The molecule has 0 radical (unpaired) electrons. The van der Waals surface area contributed by atoms with E-state index in [9.17, 15) is 24.5 Å². The molecule has 2 aliphatic rings. The number of imidazole rings is 1. The summed E-state index contributed by atoms with van der Waals surface area (Å²) >= 11 is 1.86. The Morgan fingerprint density at radius 1 is 1.27 bits per heavy atom. The molecule has 3 heterocycles. The van der Waals surface area contributed by atoms with Crippen LogP contribution in [0.25, 0.3) is 0 Å². The second-order valence-electron chi connectivity index (χ2n) is 7.18. The molecule has 12 nitrogen and oxygen atoms in total. The number of nitrogens with zero attached hydrogens (tertiary/aromatic N) is 3. The van der Waals surface area contributed by atoms with Crippen molar-refractivity contribution in [2.24, 2.45) is 0 Å². The molecule has 0 aromatic carbocycles. The van der Waals surface area contributed by atoms with E-state index in [4.69, 9.17) is 0 Å². The fourth-order valence-electron chi connectivity index (χ4n) is 3.57. The van der Waals surface area contributed by atoms with Gasteiger partial charge in [0.1, 0.15) is 12.4 Å². The number of unbranched alkanes of at least 4 members (excludes halogenated alkanes) is 1. The number of carbonyl (C=O) groups excluding carboxylic acids is 3. The van der Waals surface area contributed by atoms with Gasteiger partial charge in [-0.1, -0.05) is 11.4 Å². The van der Waals surface area contributed by atoms with Crippen LogP contribution >= 0.6 is 11.8 Å². The van der Waals surface area contributed by atoms with Crippen LogP contribution in [0.15, 0.2) is 12.4 Å². The van der Waals surface area contributed by atoms with Crippen LogP contribution in [0.1, 0.15) is 25.7 Å². The zero-order valence-corrected chi connectivity index (χ0v) is 17.2. The lowest BCUT2D eigenvalue weighted by Crippen LogP contribution is -2.37. The lowest BCUT2D eigenvalue weighted by Gasteiger charge is -2.16. The maximum absolute atomic E-state index is 11.9. The standard InChI is InChI=1S/C17H25N7O5S/c25-13(4-2-1-3-12-15-11(10-30-12)21-16(27)22-15)18-5-6-19-14(26)9-23-8-7-20-17(23)24(28)29/h7-8,11-12,15H,1-6,9-10H2,(H,18,25)(H,19,26)(H2,21,22,27)/t11-,12-,15-/m0/s1. The Morgan fingerprint density at radius 3 is 2.80 bits per heavy atom. The van der Waals surface area contributed by atoms with Crippen molar-refractivity contribution < 1.29 is 19.3 Å². The monoisotopic (exact) mass is 439 g/mol. The Kier molecular flexibility index (Phi) is 7.49. The lowest BCUT2D eigenvalue weighted by molar-refractivity contribution is -0.396. The van der Waals surface area contributed by atoms with Crippen LogP contribution in [-0.4, -0.2) is 68.5 Å². The predicted octanol–water partition coefficient (Wildman–Crippen LogP) is -0.250. The zero-order valence-electron chi connectivity index (χ0n) is 16.3. The predicted molar refractivity (Wildman–Crippen MR) is 109 cm³/mol. The Bertz CT molecular complexity index is 801. The first-order chi connectivity index (χ1) is 14.4. The number of carbonyl (C=O) groups is 3. The van der Waals surface area contributed by atoms with Gasteiger partial charge in [-0.15, -0.1) is 0 Å². The van der Waals surface area contributed by atoms with E-state index in [1.54, 1.807) is 0 Å². The van der Waals surface area contributed by atoms with Crippen LogP contribution in [0.4, 0.5) is 10.7 Å². The van der Waals surface area contributed by atoms with Crippen molar-refractivity contribution >= 4 is 35.6 Å². The molecule has 3 atom stereocenters. The van der Waals surface area contributed by atoms with Gasteiger partial charge in [-0.05, 0) is 17.8 Å². The molecule has 0 bridgehead atoms. The number of nitro groups is 1. The highest BCUT2D eigenvalue weighted by atomic mass is 32.2. The summed E-state index contributed by atoms with van der Waals surface area (Å²) < 4.78 is 1.14. The highest BCUT2D eigenvalue weighted by Crippen LogP contribution is 2.33. The van der Waals surface area contributed by atoms with Gasteiger partial charge in [0.2, 0.25) is 5.91 Å². The molecule has 1 aromatic rings. The minimum atomic E-state index is -0.655. The van der Waals surface area contributed by atoms with Crippen molar-refractivity contribution in [3.63, 3.8) is 0 Å². The number of hydrogen-bond acceptors (Lipinski definition) is 7. The van der Waals surface area contributed by atoms with Crippen molar-refractivity contribution in [2.75, 3.05) is 18.8 Å². The highest BCUT2D eigenvalue weighted by Gasteiger charge is 2.42. The summed E-state index contributed by atoms with van der Waals surface area (Å²) in [6.07, 6.45) is 5.66. The van der Waals surface area contributed by atoms with Gasteiger partial charge in [-0.25, -0.2) is 9.36 Å². The maximum atomic E-state index is 11.9. The van der Waals surface area contributed by atoms with Gasteiger partial charge in [-0.2, -0.15) is 11.8 Å². The SMILES string of the molecule is O=C(CCCC[C@@H]1SC[C@@H]2NC(=O)N[C@@H]21)NCCNC(=O)Cn1ccnc1[N+](=O)[O-]. The highest BCUT2D eigenvalue weighted by molar-refractivity contribution is 8.00. The van der Waals surface area contributed by atoms with E-state index in [2.05, 4.69) is 26.3 Å². The topological polar surface area (TPSA) is 160 Å².